The minimum atomic E-state index is -4.09. The van der Waals surface area contributed by atoms with Crippen molar-refractivity contribution in [2.75, 3.05) is 11.9 Å². The molecule has 0 fully saturated rings. The maximum Gasteiger partial charge on any atom is 0.271 e. The Morgan fingerprint density at radius 2 is 1.74 bits per heavy atom. The van der Waals surface area contributed by atoms with Gasteiger partial charge in [0.05, 0.1) is 32.1 Å². The monoisotopic (exact) mass is 585 g/mol. The van der Waals surface area contributed by atoms with E-state index in [0.29, 0.717) is 20.6 Å². The number of benzene rings is 3. The predicted octanol–water partition coefficient (Wildman–Crippen LogP) is 5.80. The molecule has 3 aromatic rings. The van der Waals surface area contributed by atoms with Crippen LogP contribution in [-0.4, -0.2) is 30.1 Å². The molecule has 0 saturated carbocycles. The molecule has 178 valence electrons. The van der Waals surface area contributed by atoms with Crippen LogP contribution >= 0.6 is 39.1 Å². The molecule has 0 atom stereocenters. The van der Waals surface area contributed by atoms with Crippen molar-refractivity contribution < 1.29 is 18.1 Å². The van der Waals surface area contributed by atoms with Gasteiger partial charge in [0, 0.05) is 23.2 Å². The van der Waals surface area contributed by atoms with Crippen LogP contribution in [-0.2, 0) is 21.4 Å². The zero-order valence-corrected chi connectivity index (χ0v) is 21.6. The number of nitrogens with zero attached hydrogens (tertiary/aromatic N) is 2. The van der Waals surface area contributed by atoms with Gasteiger partial charge in [-0.05, 0) is 54.4 Å². The van der Waals surface area contributed by atoms with Gasteiger partial charge in [-0.3, -0.25) is 14.9 Å². The number of hydrogen-bond donors (Lipinski definition) is 1. The fraction of sp³-hybridized carbons (Fsp3) is 0.136. The number of nitrogens with one attached hydrogen (secondary N) is 1. The molecule has 0 heterocycles. The molecule has 0 saturated heterocycles. The lowest BCUT2D eigenvalue weighted by Crippen LogP contribution is -2.37. The van der Waals surface area contributed by atoms with Crippen LogP contribution in [0, 0.1) is 17.0 Å². The van der Waals surface area contributed by atoms with E-state index >= 15 is 0 Å². The second-order valence-electron chi connectivity index (χ2n) is 7.28. The third-order valence-electron chi connectivity index (χ3n) is 4.82. The van der Waals surface area contributed by atoms with E-state index in [0.717, 1.165) is 4.31 Å². The van der Waals surface area contributed by atoms with Crippen molar-refractivity contribution in [1.29, 1.82) is 0 Å². The molecule has 0 bridgehead atoms. The molecular weight excluding hydrogens is 569 g/mol. The molecule has 1 N–H and O–H groups in total. The van der Waals surface area contributed by atoms with E-state index in [1.165, 1.54) is 42.5 Å². The molecular formula is C22H18BrCl2N3O5S. The number of amides is 1. The van der Waals surface area contributed by atoms with Crippen LogP contribution in [0.2, 0.25) is 10.0 Å². The number of hydrogen-bond acceptors (Lipinski definition) is 5. The molecule has 0 aliphatic heterocycles. The van der Waals surface area contributed by atoms with Gasteiger partial charge in [0.1, 0.15) is 0 Å². The summed E-state index contributed by atoms with van der Waals surface area (Å²) >= 11 is 15.3. The Balaban J connectivity index is 1.92. The quantitative estimate of drug-likeness (QED) is 0.265. The largest absolute Gasteiger partial charge is 0.324 e. The number of carbonyl (C=O) groups excluding carboxylic acids is 1. The van der Waals surface area contributed by atoms with Gasteiger partial charge in [-0.15, -0.1) is 0 Å². The van der Waals surface area contributed by atoms with Crippen LogP contribution in [0.5, 0.6) is 0 Å². The highest BCUT2D eigenvalue weighted by Gasteiger charge is 2.27. The Morgan fingerprint density at radius 3 is 2.35 bits per heavy atom. The van der Waals surface area contributed by atoms with Gasteiger partial charge in [-0.25, -0.2) is 8.42 Å². The lowest BCUT2D eigenvalue weighted by molar-refractivity contribution is -0.384. The van der Waals surface area contributed by atoms with Crippen molar-refractivity contribution in [3.8, 4) is 0 Å². The number of anilines is 1. The Labute approximate surface area is 214 Å². The number of halogens is 3. The molecule has 12 heteroatoms. The Hall–Kier alpha value is -2.50. The number of non-ortho nitro benzene ring substituents is 1. The zero-order chi connectivity index (χ0) is 25.0. The van der Waals surface area contributed by atoms with E-state index in [-0.39, 0.29) is 27.8 Å². The second-order valence-corrected chi connectivity index (χ2v) is 10.9. The molecule has 0 aliphatic rings. The van der Waals surface area contributed by atoms with Gasteiger partial charge < -0.3 is 5.32 Å². The minimum absolute atomic E-state index is 0.00455. The maximum atomic E-state index is 13.4. The van der Waals surface area contributed by atoms with E-state index in [2.05, 4.69) is 21.2 Å². The average molecular weight is 587 g/mol. The number of aryl methyl sites for hydroxylation is 1. The van der Waals surface area contributed by atoms with Crippen molar-refractivity contribution >= 4 is 66.4 Å². The fourth-order valence-corrected chi connectivity index (χ4v) is 5.00. The third-order valence-corrected chi connectivity index (χ3v) is 7.89. The van der Waals surface area contributed by atoms with E-state index in [1.807, 2.05) is 0 Å². The maximum absolute atomic E-state index is 13.4. The van der Waals surface area contributed by atoms with Crippen molar-refractivity contribution in [3.05, 3.63) is 96.4 Å². The minimum Gasteiger partial charge on any atom is -0.324 e. The smallest absolute Gasteiger partial charge is 0.271 e. The summed E-state index contributed by atoms with van der Waals surface area (Å²) < 4.78 is 28.5. The second kappa shape index (κ2) is 10.8. The molecule has 0 unspecified atom stereocenters. The molecule has 34 heavy (non-hydrogen) atoms. The van der Waals surface area contributed by atoms with Crippen LogP contribution in [0.15, 0.2) is 70.0 Å². The van der Waals surface area contributed by atoms with Crippen LogP contribution in [0.1, 0.15) is 11.1 Å². The number of nitro groups is 1. The molecule has 0 spiro atoms. The van der Waals surface area contributed by atoms with Crippen LogP contribution in [0.3, 0.4) is 0 Å². The van der Waals surface area contributed by atoms with Crippen LogP contribution in [0.4, 0.5) is 11.4 Å². The highest BCUT2D eigenvalue weighted by Crippen LogP contribution is 2.26. The first-order valence-electron chi connectivity index (χ1n) is 9.72. The summed E-state index contributed by atoms with van der Waals surface area (Å²) in [6, 6.07) is 14.7. The van der Waals surface area contributed by atoms with Crippen LogP contribution in [0.25, 0.3) is 0 Å². The summed E-state index contributed by atoms with van der Waals surface area (Å²) in [7, 11) is -4.09. The summed E-state index contributed by atoms with van der Waals surface area (Å²) in [5, 5.41) is 14.2. The lowest BCUT2D eigenvalue weighted by Gasteiger charge is -2.22. The summed E-state index contributed by atoms with van der Waals surface area (Å²) in [5.74, 6) is -0.663. The molecule has 0 aliphatic carbocycles. The fourth-order valence-electron chi connectivity index (χ4n) is 3.03. The summed E-state index contributed by atoms with van der Waals surface area (Å²) in [6.07, 6.45) is 0. The number of sulfonamides is 1. The topological polar surface area (TPSA) is 110 Å². The van der Waals surface area contributed by atoms with Gasteiger partial charge in [0.15, 0.2) is 0 Å². The lowest BCUT2D eigenvalue weighted by atomic mass is 10.2. The van der Waals surface area contributed by atoms with Gasteiger partial charge in [-0.2, -0.15) is 4.31 Å². The number of rotatable bonds is 8. The van der Waals surface area contributed by atoms with Gasteiger partial charge in [-0.1, -0.05) is 51.3 Å². The third kappa shape index (κ3) is 6.34. The predicted molar refractivity (Wildman–Crippen MR) is 135 cm³/mol. The van der Waals surface area contributed by atoms with Gasteiger partial charge >= 0.3 is 0 Å². The summed E-state index contributed by atoms with van der Waals surface area (Å²) in [6.45, 7) is 0.975. The molecule has 3 aromatic carbocycles. The van der Waals surface area contributed by atoms with Crippen molar-refractivity contribution in [1.82, 2.24) is 4.31 Å². The summed E-state index contributed by atoms with van der Waals surface area (Å²) in [4.78, 5) is 23.4. The molecule has 1 amide bonds. The van der Waals surface area contributed by atoms with Crippen molar-refractivity contribution in [2.24, 2.45) is 0 Å². The van der Waals surface area contributed by atoms with E-state index < -0.39 is 27.4 Å². The zero-order valence-electron chi connectivity index (χ0n) is 17.7. The first kappa shape index (κ1) is 26.1. The Kier molecular flexibility index (Phi) is 8.32. The van der Waals surface area contributed by atoms with E-state index in [4.69, 9.17) is 23.2 Å². The molecule has 0 aromatic heterocycles. The first-order chi connectivity index (χ1) is 16.0. The molecule has 8 nitrogen and oxygen atoms in total. The molecule has 0 radical (unpaired) electrons. The van der Waals surface area contributed by atoms with Crippen LogP contribution < -0.4 is 5.32 Å². The van der Waals surface area contributed by atoms with E-state index in [9.17, 15) is 23.3 Å². The number of carbonyl (C=O) groups is 1. The normalized spacial score (nSPS) is 11.4. The van der Waals surface area contributed by atoms with Gasteiger partial charge in [0.25, 0.3) is 5.69 Å². The first-order valence-corrected chi connectivity index (χ1v) is 12.7. The standard InChI is InChI=1S/C22H18BrCl2N3O5S/c1-14-2-6-17(28(30)31)11-21(14)26-22(29)13-27(12-15-3-9-19(24)20(25)10-15)34(32,33)18-7-4-16(23)5-8-18/h2-11H,12-13H2,1H3,(H,26,29). The summed E-state index contributed by atoms with van der Waals surface area (Å²) in [5.41, 5.74) is 1.13. The Morgan fingerprint density at radius 1 is 1.06 bits per heavy atom. The highest BCUT2D eigenvalue weighted by atomic mass is 79.9. The van der Waals surface area contributed by atoms with Crippen molar-refractivity contribution in [3.63, 3.8) is 0 Å². The van der Waals surface area contributed by atoms with Crippen molar-refractivity contribution in [2.45, 2.75) is 18.4 Å². The number of nitro benzene ring substituents is 1. The highest BCUT2D eigenvalue weighted by molar-refractivity contribution is 9.10. The molecule has 3 rings (SSSR count). The average Bonchev–Trinajstić information content (AvgIpc) is 2.77. The van der Waals surface area contributed by atoms with E-state index in [1.54, 1.807) is 25.1 Å². The van der Waals surface area contributed by atoms with Gasteiger partial charge in [0.2, 0.25) is 15.9 Å². The SMILES string of the molecule is Cc1ccc([N+](=O)[O-])cc1NC(=O)CN(Cc1ccc(Cl)c(Cl)c1)S(=O)(=O)c1ccc(Br)cc1. The Bertz CT molecular complexity index is 1350.